The summed E-state index contributed by atoms with van der Waals surface area (Å²) in [6.07, 6.45) is 1.72. The Bertz CT molecular complexity index is 1100. The third-order valence-electron chi connectivity index (χ3n) is 6.47. The third-order valence-corrected chi connectivity index (χ3v) is 7.24. The molecule has 1 spiro atoms. The number of carbonyl (C=O) groups excluding carboxylic acids is 5. The molecule has 0 unspecified atom stereocenters. The lowest BCUT2D eigenvalue weighted by atomic mass is 9.80. The molecule has 0 radical (unpaired) electrons. The van der Waals surface area contributed by atoms with E-state index in [2.05, 4.69) is 21.3 Å². The first-order valence-electron chi connectivity index (χ1n) is 12.0. The molecule has 2 atom stereocenters. The zero-order chi connectivity index (χ0) is 27.2. The first kappa shape index (κ1) is 28.3. The van der Waals surface area contributed by atoms with Crippen LogP contribution in [0, 0.1) is 0 Å². The van der Waals surface area contributed by atoms with Gasteiger partial charge in [-0.15, -0.1) is 0 Å². The van der Waals surface area contributed by atoms with Gasteiger partial charge >= 0.3 is 7.60 Å². The van der Waals surface area contributed by atoms with Crippen molar-refractivity contribution in [3.05, 3.63) is 35.4 Å². The molecule has 202 valence electrons. The van der Waals surface area contributed by atoms with Crippen molar-refractivity contribution in [1.82, 2.24) is 21.3 Å². The molecule has 1 aromatic rings. The molecule has 1 saturated carbocycles. The van der Waals surface area contributed by atoms with E-state index < -0.39 is 73.9 Å². The van der Waals surface area contributed by atoms with Crippen molar-refractivity contribution < 1.29 is 38.3 Å². The second kappa shape index (κ2) is 11.8. The van der Waals surface area contributed by atoms with Gasteiger partial charge in [-0.25, -0.2) is 0 Å². The fourth-order valence-corrected chi connectivity index (χ4v) is 5.34. The van der Waals surface area contributed by atoms with E-state index in [-0.39, 0.29) is 6.42 Å². The molecule has 0 bridgehead atoms. The van der Waals surface area contributed by atoms with Crippen LogP contribution in [-0.2, 0) is 34.7 Å². The largest absolute Gasteiger partial charge is 0.370 e. The van der Waals surface area contributed by atoms with Crippen molar-refractivity contribution in [2.75, 3.05) is 6.54 Å². The zero-order valence-electron chi connectivity index (χ0n) is 20.2. The Labute approximate surface area is 213 Å². The van der Waals surface area contributed by atoms with Gasteiger partial charge in [0.15, 0.2) is 0 Å². The molecule has 0 aromatic heterocycles. The maximum absolute atomic E-state index is 13.3. The van der Waals surface area contributed by atoms with Crippen molar-refractivity contribution in [3.8, 4) is 0 Å². The molecule has 1 heterocycles. The van der Waals surface area contributed by atoms with E-state index in [0.29, 0.717) is 36.8 Å². The first-order valence-corrected chi connectivity index (χ1v) is 13.8. The fourth-order valence-electron chi connectivity index (χ4n) is 4.66. The molecule has 14 heteroatoms. The molecule has 1 aliphatic carbocycles. The Morgan fingerprint density at radius 2 is 1.65 bits per heavy atom. The molecule has 5 amide bonds. The predicted octanol–water partition coefficient (Wildman–Crippen LogP) is -0.779. The highest BCUT2D eigenvalue weighted by Gasteiger charge is 2.43. The summed E-state index contributed by atoms with van der Waals surface area (Å²) in [5, 5.41) is 10.4. The van der Waals surface area contributed by atoms with Gasteiger partial charge in [0.1, 0.15) is 11.6 Å². The minimum Gasteiger partial charge on any atom is -0.370 e. The SMILES string of the molecule is NC(=O)C[C@@H]1NC(=O)C2(CCCCC2)NC(=O)C[C@@H](c2ccc(CP(=O)(O)O)cc2)NC(=O)CNC1=O. The van der Waals surface area contributed by atoms with Crippen LogP contribution in [-0.4, -0.2) is 57.4 Å². The summed E-state index contributed by atoms with van der Waals surface area (Å²) < 4.78 is 11.3. The third kappa shape index (κ3) is 8.11. The van der Waals surface area contributed by atoms with Crippen LogP contribution < -0.4 is 27.0 Å². The summed E-state index contributed by atoms with van der Waals surface area (Å²) in [5.41, 5.74) is 4.84. The number of nitrogens with one attached hydrogen (secondary N) is 4. The van der Waals surface area contributed by atoms with E-state index >= 15 is 0 Å². The second-order valence-corrected chi connectivity index (χ2v) is 11.1. The second-order valence-electron chi connectivity index (χ2n) is 9.49. The quantitative estimate of drug-likeness (QED) is 0.236. The number of primary amides is 1. The molecular weight excluding hydrogens is 505 g/mol. The van der Waals surface area contributed by atoms with Crippen LogP contribution in [0.2, 0.25) is 0 Å². The lowest BCUT2D eigenvalue weighted by Gasteiger charge is -2.37. The Kier molecular flexibility index (Phi) is 9.06. The summed E-state index contributed by atoms with van der Waals surface area (Å²) in [6, 6.07) is 3.92. The molecular formula is C23H32N5O8P. The average Bonchev–Trinajstić information content (AvgIpc) is 2.81. The number of nitrogens with two attached hydrogens (primary N) is 1. The van der Waals surface area contributed by atoms with Crippen LogP contribution in [0.4, 0.5) is 0 Å². The summed E-state index contributed by atoms with van der Waals surface area (Å²) >= 11 is 0. The van der Waals surface area contributed by atoms with E-state index in [9.17, 15) is 38.3 Å². The highest BCUT2D eigenvalue weighted by atomic mass is 31.2. The number of hydrogen-bond acceptors (Lipinski definition) is 6. The van der Waals surface area contributed by atoms with Crippen LogP contribution in [0.3, 0.4) is 0 Å². The normalized spacial score (nSPS) is 23.4. The zero-order valence-corrected chi connectivity index (χ0v) is 21.1. The van der Waals surface area contributed by atoms with Gasteiger partial charge in [0.25, 0.3) is 0 Å². The van der Waals surface area contributed by atoms with Crippen molar-refractivity contribution in [1.29, 1.82) is 0 Å². The van der Waals surface area contributed by atoms with Gasteiger partial charge in [0.05, 0.1) is 31.6 Å². The first-order chi connectivity index (χ1) is 17.4. The molecule has 3 rings (SSSR count). The van der Waals surface area contributed by atoms with Crippen molar-refractivity contribution in [3.63, 3.8) is 0 Å². The Hall–Kier alpha value is -3.28. The average molecular weight is 538 g/mol. The minimum absolute atomic E-state index is 0.225. The maximum Gasteiger partial charge on any atom is 0.329 e. The fraction of sp³-hybridized carbons (Fsp3) is 0.522. The monoisotopic (exact) mass is 537 g/mol. The lowest BCUT2D eigenvalue weighted by Crippen LogP contribution is -2.63. The van der Waals surface area contributed by atoms with E-state index in [1.54, 1.807) is 12.1 Å². The Balaban J connectivity index is 1.91. The number of amides is 5. The minimum atomic E-state index is -4.28. The molecule has 1 saturated heterocycles. The van der Waals surface area contributed by atoms with E-state index in [1.807, 2.05) is 0 Å². The highest BCUT2D eigenvalue weighted by molar-refractivity contribution is 7.50. The summed E-state index contributed by atoms with van der Waals surface area (Å²) in [7, 11) is -4.28. The number of carbonyl (C=O) groups is 5. The van der Waals surface area contributed by atoms with Gasteiger partial charge in [-0.3, -0.25) is 28.5 Å². The van der Waals surface area contributed by atoms with E-state index in [1.165, 1.54) is 12.1 Å². The van der Waals surface area contributed by atoms with Crippen LogP contribution in [0.5, 0.6) is 0 Å². The summed E-state index contributed by atoms with van der Waals surface area (Å²) in [5.74, 6) is -3.32. The lowest BCUT2D eigenvalue weighted by molar-refractivity contribution is -0.138. The molecule has 1 aliphatic heterocycles. The molecule has 8 N–H and O–H groups in total. The topological polar surface area (TPSA) is 217 Å². The van der Waals surface area contributed by atoms with Gasteiger partial charge in [0, 0.05) is 0 Å². The van der Waals surface area contributed by atoms with Gasteiger partial charge in [-0.05, 0) is 24.0 Å². The van der Waals surface area contributed by atoms with E-state index in [4.69, 9.17) is 5.73 Å². The standard InChI is InChI=1S/C23H32N5O8P/c24-18(29)10-17-21(32)25-12-20(31)26-16(15-6-4-14(5-7-15)13-37(34,35)36)11-19(30)28-23(22(33)27-17)8-2-1-3-9-23/h4-7,16-17H,1-3,8-13H2,(H2,24,29)(H,25,32)(H,26,31)(H,27,33)(H,28,30)(H2,34,35,36)/t16-,17-/m0/s1. The molecule has 2 fully saturated rings. The van der Waals surface area contributed by atoms with Gasteiger partial charge in [-0.2, -0.15) is 0 Å². The Morgan fingerprint density at radius 1 is 1.00 bits per heavy atom. The summed E-state index contributed by atoms with van der Waals surface area (Å²) in [6.45, 7) is -0.483. The van der Waals surface area contributed by atoms with Crippen molar-refractivity contribution in [2.24, 2.45) is 5.73 Å². The van der Waals surface area contributed by atoms with Crippen molar-refractivity contribution >= 4 is 37.1 Å². The number of benzene rings is 1. The van der Waals surface area contributed by atoms with E-state index in [0.717, 1.165) is 6.42 Å². The van der Waals surface area contributed by atoms with Crippen molar-refractivity contribution in [2.45, 2.75) is 68.7 Å². The maximum atomic E-state index is 13.3. The molecule has 37 heavy (non-hydrogen) atoms. The van der Waals surface area contributed by atoms with Crippen LogP contribution in [0.1, 0.15) is 62.1 Å². The van der Waals surface area contributed by atoms with Gasteiger partial charge < -0.3 is 36.8 Å². The van der Waals surface area contributed by atoms with Gasteiger partial charge in [0.2, 0.25) is 29.5 Å². The molecule has 1 aromatic carbocycles. The number of rotatable bonds is 5. The number of hydrogen-bond donors (Lipinski definition) is 7. The smallest absolute Gasteiger partial charge is 0.329 e. The summed E-state index contributed by atoms with van der Waals surface area (Å²) in [4.78, 5) is 81.8. The molecule has 13 nitrogen and oxygen atoms in total. The van der Waals surface area contributed by atoms with Gasteiger partial charge in [-0.1, -0.05) is 43.5 Å². The van der Waals surface area contributed by atoms with Crippen LogP contribution in [0.15, 0.2) is 24.3 Å². The van der Waals surface area contributed by atoms with Crippen LogP contribution in [0.25, 0.3) is 0 Å². The predicted molar refractivity (Wildman–Crippen MR) is 130 cm³/mol. The Morgan fingerprint density at radius 3 is 2.24 bits per heavy atom. The van der Waals surface area contributed by atoms with Crippen LogP contribution >= 0.6 is 7.60 Å². The highest BCUT2D eigenvalue weighted by Crippen LogP contribution is 2.39. The molecule has 2 aliphatic rings.